The maximum atomic E-state index is 5.95. The van der Waals surface area contributed by atoms with Crippen molar-refractivity contribution in [1.29, 1.82) is 0 Å². The van der Waals surface area contributed by atoms with Crippen LogP contribution in [0, 0.1) is 0 Å². The van der Waals surface area contributed by atoms with E-state index in [-0.39, 0.29) is 0 Å². The Labute approximate surface area is 140 Å². The largest absolute Gasteiger partial charge is 0.0843 e. The van der Waals surface area contributed by atoms with Crippen LogP contribution in [0.3, 0.4) is 0 Å². The standard InChI is InChI=1S/C22H15Cl/c23-19-13-10-16(11-14-19)9-12-18-15-17-5-1-2-6-20(17)22-8-4-3-7-21(18)22/h1-15H. The van der Waals surface area contributed by atoms with E-state index in [1.807, 2.05) is 24.3 Å². The van der Waals surface area contributed by atoms with Crippen molar-refractivity contribution in [1.82, 2.24) is 0 Å². The molecule has 0 aliphatic carbocycles. The fourth-order valence-corrected chi connectivity index (χ4v) is 3.11. The van der Waals surface area contributed by atoms with Crippen molar-refractivity contribution in [2.75, 3.05) is 0 Å². The van der Waals surface area contributed by atoms with E-state index < -0.39 is 0 Å². The Morgan fingerprint density at radius 2 is 1.26 bits per heavy atom. The van der Waals surface area contributed by atoms with Crippen LogP contribution in [0.5, 0.6) is 0 Å². The van der Waals surface area contributed by atoms with Crippen molar-refractivity contribution < 1.29 is 0 Å². The highest BCUT2D eigenvalue weighted by molar-refractivity contribution is 6.30. The first-order valence-corrected chi connectivity index (χ1v) is 8.03. The van der Waals surface area contributed by atoms with Crippen molar-refractivity contribution in [2.45, 2.75) is 0 Å². The van der Waals surface area contributed by atoms with E-state index >= 15 is 0 Å². The van der Waals surface area contributed by atoms with E-state index in [2.05, 4.69) is 66.7 Å². The molecule has 4 aromatic rings. The van der Waals surface area contributed by atoms with E-state index in [0.717, 1.165) is 10.6 Å². The van der Waals surface area contributed by atoms with Gasteiger partial charge in [-0.25, -0.2) is 0 Å². The molecule has 0 atom stereocenters. The van der Waals surface area contributed by atoms with Crippen LogP contribution in [0.25, 0.3) is 33.7 Å². The van der Waals surface area contributed by atoms with Gasteiger partial charge in [-0.1, -0.05) is 84.4 Å². The molecular formula is C22H15Cl. The zero-order valence-corrected chi connectivity index (χ0v) is 13.3. The van der Waals surface area contributed by atoms with Gasteiger partial charge in [-0.3, -0.25) is 0 Å². The Morgan fingerprint density at radius 1 is 0.609 bits per heavy atom. The highest BCUT2D eigenvalue weighted by Crippen LogP contribution is 2.29. The van der Waals surface area contributed by atoms with Gasteiger partial charge in [0.15, 0.2) is 0 Å². The van der Waals surface area contributed by atoms with Crippen LogP contribution in [0.15, 0.2) is 78.9 Å². The molecular weight excluding hydrogens is 300 g/mol. The molecule has 0 aromatic heterocycles. The molecule has 0 heterocycles. The van der Waals surface area contributed by atoms with Crippen LogP contribution in [0.1, 0.15) is 11.1 Å². The third kappa shape index (κ3) is 2.74. The van der Waals surface area contributed by atoms with Crippen LogP contribution < -0.4 is 0 Å². The molecule has 23 heavy (non-hydrogen) atoms. The summed E-state index contributed by atoms with van der Waals surface area (Å²) in [7, 11) is 0. The molecule has 0 amide bonds. The van der Waals surface area contributed by atoms with E-state index in [0.29, 0.717) is 0 Å². The van der Waals surface area contributed by atoms with Crippen LogP contribution >= 0.6 is 11.6 Å². The van der Waals surface area contributed by atoms with Gasteiger partial charge >= 0.3 is 0 Å². The minimum atomic E-state index is 0.762. The van der Waals surface area contributed by atoms with Crippen LogP contribution in [0.2, 0.25) is 5.02 Å². The van der Waals surface area contributed by atoms with Crippen molar-refractivity contribution in [3.63, 3.8) is 0 Å². The summed E-state index contributed by atoms with van der Waals surface area (Å²) in [4.78, 5) is 0. The Hall–Kier alpha value is -2.57. The smallest absolute Gasteiger partial charge is 0.0406 e. The predicted molar refractivity (Wildman–Crippen MR) is 102 cm³/mol. The average Bonchev–Trinajstić information content (AvgIpc) is 2.61. The van der Waals surface area contributed by atoms with Gasteiger partial charge in [0.2, 0.25) is 0 Å². The van der Waals surface area contributed by atoms with Gasteiger partial charge in [-0.15, -0.1) is 0 Å². The van der Waals surface area contributed by atoms with Gasteiger partial charge in [-0.05, 0) is 50.9 Å². The molecule has 1 heteroatoms. The van der Waals surface area contributed by atoms with Gasteiger partial charge in [-0.2, -0.15) is 0 Å². The predicted octanol–water partition coefficient (Wildman–Crippen LogP) is 6.82. The van der Waals surface area contributed by atoms with Gasteiger partial charge in [0.1, 0.15) is 0 Å². The molecule has 0 aliphatic rings. The monoisotopic (exact) mass is 314 g/mol. The molecule has 0 radical (unpaired) electrons. The fraction of sp³-hybridized carbons (Fsp3) is 0. The lowest BCUT2D eigenvalue weighted by Gasteiger charge is -2.07. The third-order valence-corrected chi connectivity index (χ3v) is 4.38. The second-order valence-corrected chi connectivity index (χ2v) is 6.05. The lowest BCUT2D eigenvalue weighted by atomic mass is 9.97. The minimum Gasteiger partial charge on any atom is -0.0843 e. The van der Waals surface area contributed by atoms with Crippen molar-refractivity contribution >= 4 is 45.3 Å². The average molecular weight is 315 g/mol. The summed E-state index contributed by atoms with van der Waals surface area (Å²) in [5.74, 6) is 0. The molecule has 0 saturated heterocycles. The van der Waals surface area contributed by atoms with Gasteiger partial charge < -0.3 is 0 Å². The minimum absolute atomic E-state index is 0.762. The molecule has 4 aromatic carbocycles. The molecule has 0 saturated carbocycles. The summed E-state index contributed by atoms with van der Waals surface area (Å²) in [6.45, 7) is 0. The number of halogens is 1. The summed E-state index contributed by atoms with van der Waals surface area (Å²) in [5, 5.41) is 5.89. The van der Waals surface area contributed by atoms with Crippen molar-refractivity contribution in [2.24, 2.45) is 0 Å². The zero-order valence-electron chi connectivity index (χ0n) is 12.5. The van der Waals surface area contributed by atoms with Crippen LogP contribution in [0.4, 0.5) is 0 Å². The second kappa shape index (κ2) is 5.91. The van der Waals surface area contributed by atoms with Gasteiger partial charge in [0.25, 0.3) is 0 Å². The molecule has 0 unspecified atom stereocenters. The number of benzene rings is 4. The maximum absolute atomic E-state index is 5.95. The SMILES string of the molecule is Clc1ccc(C=Cc2cc3ccccc3c3ccccc23)cc1. The molecule has 0 fully saturated rings. The molecule has 110 valence electrons. The third-order valence-electron chi connectivity index (χ3n) is 4.13. The summed E-state index contributed by atoms with van der Waals surface area (Å²) >= 11 is 5.95. The van der Waals surface area contributed by atoms with Gasteiger partial charge in [0, 0.05) is 5.02 Å². The zero-order chi connectivity index (χ0) is 15.6. The molecule has 0 aliphatic heterocycles. The fourth-order valence-electron chi connectivity index (χ4n) is 2.98. The topological polar surface area (TPSA) is 0 Å². The Balaban J connectivity index is 1.89. The Kier molecular flexibility index (Phi) is 3.61. The van der Waals surface area contributed by atoms with Crippen LogP contribution in [-0.4, -0.2) is 0 Å². The van der Waals surface area contributed by atoms with Crippen molar-refractivity contribution in [3.8, 4) is 0 Å². The number of fused-ring (bicyclic) bond motifs is 3. The molecule has 4 rings (SSSR count). The highest BCUT2D eigenvalue weighted by atomic mass is 35.5. The Bertz CT molecular complexity index is 1010. The van der Waals surface area contributed by atoms with E-state index in [1.165, 1.54) is 27.1 Å². The first-order chi connectivity index (χ1) is 11.3. The summed E-state index contributed by atoms with van der Waals surface area (Å²) in [6.07, 6.45) is 4.31. The lowest BCUT2D eigenvalue weighted by Crippen LogP contribution is -1.82. The lowest BCUT2D eigenvalue weighted by molar-refractivity contribution is 1.66. The first kappa shape index (κ1) is 14.0. The van der Waals surface area contributed by atoms with Gasteiger partial charge in [0.05, 0.1) is 0 Å². The van der Waals surface area contributed by atoms with Crippen molar-refractivity contribution in [3.05, 3.63) is 95.0 Å². The number of hydrogen-bond donors (Lipinski definition) is 0. The first-order valence-electron chi connectivity index (χ1n) is 7.65. The Morgan fingerprint density at radius 3 is 2.04 bits per heavy atom. The normalized spacial score (nSPS) is 11.5. The summed E-state index contributed by atoms with van der Waals surface area (Å²) in [6, 6.07) is 27.3. The maximum Gasteiger partial charge on any atom is 0.0406 e. The molecule has 0 nitrogen and oxygen atoms in total. The number of rotatable bonds is 2. The summed E-state index contributed by atoms with van der Waals surface area (Å²) < 4.78 is 0. The number of hydrogen-bond acceptors (Lipinski definition) is 0. The molecule has 0 spiro atoms. The van der Waals surface area contributed by atoms with Crippen LogP contribution in [-0.2, 0) is 0 Å². The van der Waals surface area contributed by atoms with E-state index in [4.69, 9.17) is 11.6 Å². The molecule has 0 N–H and O–H groups in total. The van der Waals surface area contributed by atoms with E-state index in [9.17, 15) is 0 Å². The van der Waals surface area contributed by atoms with E-state index in [1.54, 1.807) is 0 Å². The highest BCUT2D eigenvalue weighted by Gasteiger charge is 2.03. The second-order valence-electron chi connectivity index (χ2n) is 5.62. The quantitative estimate of drug-likeness (QED) is 0.281. The molecule has 0 bridgehead atoms. The summed E-state index contributed by atoms with van der Waals surface area (Å²) in [5.41, 5.74) is 2.38.